The first-order valence-corrected chi connectivity index (χ1v) is 7.35. The molecule has 0 radical (unpaired) electrons. The lowest BCUT2D eigenvalue weighted by molar-refractivity contribution is 0.416. The summed E-state index contributed by atoms with van der Waals surface area (Å²) in [6.45, 7) is 2.14. The number of hydrogen-bond donors (Lipinski definition) is 1. The SMILES string of the molecule is CCCc1nc(-c2cc(Br)ccc2OC)c(N)s1. The number of thiazole rings is 1. The van der Waals surface area contributed by atoms with Crippen LogP contribution >= 0.6 is 27.3 Å². The van der Waals surface area contributed by atoms with Crippen LogP contribution in [0.3, 0.4) is 0 Å². The van der Waals surface area contributed by atoms with Gasteiger partial charge >= 0.3 is 0 Å². The van der Waals surface area contributed by atoms with Crippen molar-refractivity contribution in [1.29, 1.82) is 0 Å². The fourth-order valence-electron chi connectivity index (χ4n) is 1.76. The van der Waals surface area contributed by atoms with Gasteiger partial charge in [-0.2, -0.15) is 0 Å². The van der Waals surface area contributed by atoms with Gasteiger partial charge in [-0.25, -0.2) is 4.98 Å². The highest BCUT2D eigenvalue weighted by atomic mass is 79.9. The first kappa shape index (κ1) is 13.4. The van der Waals surface area contributed by atoms with E-state index in [1.807, 2.05) is 18.2 Å². The van der Waals surface area contributed by atoms with E-state index in [4.69, 9.17) is 10.5 Å². The Morgan fingerprint density at radius 2 is 2.22 bits per heavy atom. The Morgan fingerprint density at radius 3 is 2.89 bits per heavy atom. The van der Waals surface area contributed by atoms with Gasteiger partial charge in [-0.05, 0) is 31.0 Å². The lowest BCUT2D eigenvalue weighted by Crippen LogP contribution is -1.91. The maximum atomic E-state index is 6.06. The van der Waals surface area contributed by atoms with Crippen molar-refractivity contribution < 1.29 is 4.74 Å². The number of ether oxygens (including phenoxy) is 1. The lowest BCUT2D eigenvalue weighted by atomic mass is 10.1. The number of aromatic nitrogens is 1. The average Bonchev–Trinajstić information content (AvgIpc) is 2.70. The molecule has 2 N–H and O–H groups in total. The van der Waals surface area contributed by atoms with Crippen molar-refractivity contribution in [3.63, 3.8) is 0 Å². The Balaban J connectivity index is 2.50. The molecule has 0 amide bonds. The van der Waals surface area contributed by atoms with E-state index >= 15 is 0 Å². The molecule has 2 rings (SSSR count). The normalized spacial score (nSPS) is 10.6. The maximum absolute atomic E-state index is 6.06. The number of aryl methyl sites for hydroxylation is 1. The minimum Gasteiger partial charge on any atom is -0.496 e. The topological polar surface area (TPSA) is 48.1 Å². The third-order valence-corrected chi connectivity index (χ3v) is 4.02. The summed E-state index contributed by atoms with van der Waals surface area (Å²) in [5.74, 6) is 0.790. The summed E-state index contributed by atoms with van der Waals surface area (Å²) in [6.07, 6.45) is 2.03. The smallest absolute Gasteiger partial charge is 0.128 e. The van der Waals surface area contributed by atoms with Gasteiger partial charge in [0.2, 0.25) is 0 Å². The molecule has 0 unspecified atom stereocenters. The molecule has 96 valence electrons. The molecule has 1 aromatic heterocycles. The van der Waals surface area contributed by atoms with E-state index in [-0.39, 0.29) is 0 Å². The maximum Gasteiger partial charge on any atom is 0.128 e. The molecule has 5 heteroatoms. The monoisotopic (exact) mass is 326 g/mol. The fraction of sp³-hybridized carbons (Fsp3) is 0.308. The molecule has 0 aliphatic carbocycles. The van der Waals surface area contributed by atoms with Gasteiger partial charge in [0.15, 0.2) is 0 Å². The lowest BCUT2D eigenvalue weighted by Gasteiger charge is -2.07. The number of nitrogens with two attached hydrogens (primary N) is 1. The zero-order valence-electron chi connectivity index (χ0n) is 10.4. The molecule has 0 aliphatic heterocycles. The number of nitrogen functional groups attached to an aromatic ring is 1. The van der Waals surface area contributed by atoms with Crippen LogP contribution in [0.1, 0.15) is 18.4 Å². The molecule has 3 nitrogen and oxygen atoms in total. The molecular weight excluding hydrogens is 312 g/mol. The predicted octanol–water partition coefficient (Wildman–Crippen LogP) is 4.12. The molecule has 0 atom stereocenters. The van der Waals surface area contributed by atoms with Crippen molar-refractivity contribution in [1.82, 2.24) is 4.98 Å². The zero-order valence-corrected chi connectivity index (χ0v) is 12.8. The second-order valence-electron chi connectivity index (χ2n) is 3.92. The number of rotatable bonds is 4. The third-order valence-electron chi connectivity index (χ3n) is 2.58. The molecule has 0 aliphatic rings. The van der Waals surface area contributed by atoms with Crippen LogP contribution in [-0.2, 0) is 6.42 Å². The number of benzene rings is 1. The van der Waals surface area contributed by atoms with Gasteiger partial charge < -0.3 is 10.5 Å². The summed E-state index contributed by atoms with van der Waals surface area (Å²) in [4.78, 5) is 4.61. The highest BCUT2D eigenvalue weighted by Crippen LogP contribution is 2.38. The standard InChI is InChI=1S/C13H15BrN2OS/c1-3-4-11-16-12(13(15)18-11)9-7-8(14)5-6-10(9)17-2/h5-7H,3-4,15H2,1-2H3. The van der Waals surface area contributed by atoms with Crippen molar-refractivity contribution in [2.24, 2.45) is 0 Å². The van der Waals surface area contributed by atoms with E-state index in [0.717, 1.165) is 44.3 Å². The summed E-state index contributed by atoms with van der Waals surface area (Å²) in [5.41, 5.74) is 7.82. The molecule has 0 spiro atoms. The number of methoxy groups -OCH3 is 1. The van der Waals surface area contributed by atoms with Crippen molar-refractivity contribution in [3.8, 4) is 17.0 Å². The minimum absolute atomic E-state index is 0.745. The number of hydrogen-bond acceptors (Lipinski definition) is 4. The Bertz CT molecular complexity index is 554. The quantitative estimate of drug-likeness (QED) is 0.919. The third kappa shape index (κ3) is 2.67. The van der Waals surface area contributed by atoms with Gasteiger partial charge in [-0.1, -0.05) is 22.9 Å². The first-order valence-electron chi connectivity index (χ1n) is 5.74. The van der Waals surface area contributed by atoms with Gasteiger partial charge in [0.1, 0.15) is 16.4 Å². The molecule has 0 saturated carbocycles. The number of nitrogens with zero attached hydrogens (tertiary/aromatic N) is 1. The molecular formula is C13H15BrN2OS. The molecule has 1 heterocycles. The zero-order chi connectivity index (χ0) is 13.1. The Kier molecular flexibility index (Phi) is 4.24. The van der Waals surface area contributed by atoms with E-state index < -0.39 is 0 Å². The summed E-state index contributed by atoms with van der Waals surface area (Å²) < 4.78 is 6.36. The summed E-state index contributed by atoms with van der Waals surface area (Å²) >= 11 is 5.02. The van der Waals surface area contributed by atoms with Gasteiger partial charge in [0.05, 0.1) is 12.1 Å². The van der Waals surface area contributed by atoms with Crippen molar-refractivity contribution in [2.75, 3.05) is 12.8 Å². The molecule has 0 bridgehead atoms. The summed E-state index contributed by atoms with van der Waals surface area (Å²) in [6, 6.07) is 5.84. The van der Waals surface area contributed by atoms with E-state index in [1.54, 1.807) is 18.4 Å². The fourth-order valence-corrected chi connectivity index (χ4v) is 3.07. The van der Waals surface area contributed by atoms with E-state index in [0.29, 0.717) is 0 Å². The van der Waals surface area contributed by atoms with E-state index in [9.17, 15) is 0 Å². The second kappa shape index (κ2) is 5.71. The van der Waals surface area contributed by atoms with Crippen LogP contribution in [0.4, 0.5) is 5.00 Å². The van der Waals surface area contributed by atoms with Crippen molar-refractivity contribution >= 4 is 32.3 Å². The van der Waals surface area contributed by atoms with Crippen LogP contribution < -0.4 is 10.5 Å². The number of halogens is 1. The molecule has 2 aromatic rings. The van der Waals surface area contributed by atoms with Crippen LogP contribution in [0.15, 0.2) is 22.7 Å². The minimum atomic E-state index is 0.745. The predicted molar refractivity (Wildman–Crippen MR) is 80.2 cm³/mol. The van der Waals surface area contributed by atoms with Gasteiger partial charge in [-0.3, -0.25) is 0 Å². The highest BCUT2D eigenvalue weighted by Gasteiger charge is 2.14. The number of anilines is 1. The molecule has 0 saturated heterocycles. The van der Waals surface area contributed by atoms with E-state index in [1.165, 1.54) is 0 Å². The Morgan fingerprint density at radius 1 is 1.44 bits per heavy atom. The van der Waals surface area contributed by atoms with E-state index in [2.05, 4.69) is 27.8 Å². The van der Waals surface area contributed by atoms with Crippen molar-refractivity contribution in [2.45, 2.75) is 19.8 Å². The average molecular weight is 327 g/mol. The largest absolute Gasteiger partial charge is 0.496 e. The highest BCUT2D eigenvalue weighted by molar-refractivity contribution is 9.10. The Hall–Kier alpha value is -1.07. The second-order valence-corrected chi connectivity index (χ2v) is 5.95. The van der Waals surface area contributed by atoms with Crippen LogP contribution in [0.25, 0.3) is 11.3 Å². The van der Waals surface area contributed by atoms with Crippen LogP contribution in [0, 0.1) is 0 Å². The Labute approximate surface area is 119 Å². The van der Waals surface area contributed by atoms with Gasteiger partial charge in [0, 0.05) is 10.0 Å². The molecule has 1 aromatic carbocycles. The molecule has 18 heavy (non-hydrogen) atoms. The summed E-state index contributed by atoms with van der Waals surface area (Å²) in [5, 5.41) is 1.82. The summed E-state index contributed by atoms with van der Waals surface area (Å²) in [7, 11) is 1.66. The van der Waals surface area contributed by atoms with Crippen molar-refractivity contribution in [3.05, 3.63) is 27.7 Å². The van der Waals surface area contributed by atoms with Crippen LogP contribution in [-0.4, -0.2) is 12.1 Å². The van der Waals surface area contributed by atoms with Crippen LogP contribution in [0.2, 0.25) is 0 Å². The van der Waals surface area contributed by atoms with Gasteiger partial charge in [-0.15, -0.1) is 11.3 Å². The van der Waals surface area contributed by atoms with Crippen LogP contribution in [0.5, 0.6) is 5.75 Å². The first-order chi connectivity index (χ1) is 8.65. The van der Waals surface area contributed by atoms with Gasteiger partial charge in [0.25, 0.3) is 0 Å². The molecule has 0 fully saturated rings.